The van der Waals surface area contributed by atoms with Crippen LogP contribution >= 0.6 is 0 Å². The molecule has 0 fully saturated rings. The van der Waals surface area contributed by atoms with Crippen LogP contribution in [0.5, 0.6) is 17.2 Å². The third-order valence-corrected chi connectivity index (χ3v) is 3.71. The zero-order valence-electron chi connectivity index (χ0n) is 14.9. The summed E-state index contributed by atoms with van der Waals surface area (Å²) in [6.07, 6.45) is 0. The van der Waals surface area contributed by atoms with E-state index in [1.54, 1.807) is 0 Å². The highest BCUT2D eigenvalue weighted by atomic mass is 19.2. The van der Waals surface area contributed by atoms with E-state index in [1.165, 1.54) is 40.4 Å². The lowest BCUT2D eigenvalue weighted by atomic mass is 9.98. The van der Waals surface area contributed by atoms with Crippen LogP contribution in [0, 0.1) is 23.3 Å². The van der Waals surface area contributed by atoms with Crippen LogP contribution < -0.4 is 14.2 Å². The molecule has 0 spiro atoms. The number of ether oxygens (including phenoxy) is 4. The van der Waals surface area contributed by atoms with Gasteiger partial charge < -0.3 is 18.9 Å². The minimum atomic E-state index is -1.89. The maximum atomic E-state index is 14.7. The van der Waals surface area contributed by atoms with Gasteiger partial charge in [0.25, 0.3) is 0 Å². The first-order valence-electron chi connectivity index (χ1n) is 7.65. The molecule has 5 nitrogen and oxygen atoms in total. The molecule has 0 aliphatic rings. The molecule has 0 unspecified atom stereocenters. The Morgan fingerprint density at radius 3 is 1.67 bits per heavy atom. The number of esters is 1. The van der Waals surface area contributed by atoms with Crippen molar-refractivity contribution in [3.63, 3.8) is 0 Å². The third-order valence-electron chi connectivity index (χ3n) is 3.71. The van der Waals surface area contributed by atoms with E-state index in [1.807, 2.05) is 0 Å². The summed E-state index contributed by atoms with van der Waals surface area (Å²) in [5.74, 6) is -8.98. The Hall–Kier alpha value is -2.97. The van der Waals surface area contributed by atoms with E-state index in [-0.39, 0.29) is 29.4 Å². The second-order valence-electron chi connectivity index (χ2n) is 5.13. The Labute approximate surface area is 152 Å². The van der Waals surface area contributed by atoms with Gasteiger partial charge >= 0.3 is 5.97 Å². The largest absolute Gasteiger partial charge is 0.496 e. The number of carbonyl (C=O) groups is 1. The van der Waals surface area contributed by atoms with Gasteiger partial charge in [-0.1, -0.05) is 0 Å². The Bertz CT molecular complexity index is 829. The van der Waals surface area contributed by atoms with Crippen LogP contribution in [-0.2, 0) is 4.74 Å². The standard InChI is InChI=1S/C18H16F4O5/c1-5-27-18(23)13-16(21)14(19)12(15(20)17(13)22)11-9(25-3)6-8(24-2)7-10(11)26-4/h6-7H,5H2,1-4H3. The fourth-order valence-corrected chi connectivity index (χ4v) is 2.49. The summed E-state index contributed by atoms with van der Waals surface area (Å²) in [4.78, 5) is 11.7. The van der Waals surface area contributed by atoms with Crippen molar-refractivity contribution >= 4 is 5.97 Å². The van der Waals surface area contributed by atoms with Gasteiger partial charge in [-0.3, -0.25) is 0 Å². The van der Waals surface area contributed by atoms with E-state index in [2.05, 4.69) is 4.74 Å². The predicted octanol–water partition coefficient (Wildman–Crippen LogP) is 4.11. The molecule has 27 heavy (non-hydrogen) atoms. The SMILES string of the molecule is CCOC(=O)c1c(F)c(F)c(-c2c(OC)cc(OC)cc2OC)c(F)c1F. The van der Waals surface area contributed by atoms with Gasteiger partial charge in [0.2, 0.25) is 0 Å². The first-order valence-corrected chi connectivity index (χ1v) is 7.65. The molecule has 0 aromatic heterocycles. The molecule has 2 rings (SSSR count). The van der Waals surface area contributed by atoms with Gasteiger partial charge in [0.05, 0.1) is 39.1 Å². The van der Waals surface area contributed by atoms with Crippen molar-refractivity contribution in [2.45, 2.75) is 6.92 Å². The normalized spacial score (nSPS) is 10.5. The second-order valence-corrected chi connectivity index (χ2v) is 5.13. The van der Waals surface area contributed by atoms with Gasteiger partial charge in [-0.25, -0.2) is 22.4 Å². The van der Waals surface area contributed by atoms with Gasteiger partial charge in [-0.05, 0) is 6.92 Å². The van der Waals surface area contributed by atoms with Crippen LogP contribution in [0.15, 0.2) is 12.1 Å². The quantitative estimate of drug-likeness (QED) is 0.424. The fraction of sp³-hybridized carbons (Fsp3) is 0.278. The lowest BCUT2D eigenvalue weighted by Crippen LogP contribution is -2.15. The summed E-state index contributed by atoms with van der Waals surface area (Å²) in [7, 11) is 3.71. The summed E-state index contributed by atoms with van der Waals surface area (Å²) in [5.41, 5.74) is -2.93. The van der Waals surface area contributed by atoms with Gasteiger partial charge in [0.1, 0.15) is 22.8 Å². The lowest BCUT2D eigenvalue weighted by Gasteiger charge is -2.17. The number of halogens is 4. The maximum absolute atomic E-state index is 14.7. The number of hydrogen-bond donors (Lipinski definition) is 0. The molecular formula is C18H16F4O5. The van der Waals surface area contributed by atoms with Crippen molar-refractivity contribution < 1.29 is 41.3 Å². The molecule has 0 N–H and O–H groups in total. The second kappa shape index (κ2) is 8.15. The van der Waals surface area contributed by atoms with E-state index < -0.39 is 40.4 Å². The van der Waals surface area contributed by atoms with Crippen LogP contribution in [-0.4, -0.2) is 33.9 Å². The number of carbonyl (C=O) groups excluding carboxylic acids is 1. The molecule has 0 bridgehead atoms. The molecule has 0 aliphatic carbocycles. The zero-order valence-corrected chi connectivity index (χ0v) is 14.9. The van der Waals surface area contributed by atoms with Crippen molar-refractivity contribution in [3.05, 3.63) is 41.0 Å². The van der Waals surface area contributed by atoms with Crippen molar-refractivity contribution in [1.82, 2.24) is 0 Å². The molecule has 0 atom stereocenters. The zero-order chi connectivity index (χ0) is 20.3. The van der Waals surface area contributed by atoms with Crippen LogP contribution in [0.2, 0.25) is 0 Å². The number of hydrogen-bond acceptors (Lipinski definition) is 5. The Kier molecular flexibility index (Phi) is 6.14. The van der Waals surface area contributed by atoms with Gasteiger partial charge in [0, 0.05) is 12.1 Å². The molecular weight excluding hydrogens is 372 g/mol. The number of methoxy groups -OCH3 is 3. The highest BCUT2D eigenvalue weighted by Crippen LogP contribution is 2.45. The third kappa shape index (κ3) is 3.49. The van der Waals surface area contributed by atoms with Crippen LogP contribution in [0.1, 0.15) is 17.3 Å². The number of benzene rings is 2. The first kappa shape index (κ1) is 20.3. The first-order chi connectivity index (χ1) is 12.8. The molecule has 146 valence electrons. The molecule has 9 heteroatoms. The van der Waals surface area contributed by atoms with E-state index in [0.717, 1.165) is 0 Å². The Morgan fingerprint density at radius 2 is 1.30 bits per heavy atom. The monoisotopic (exact) mass is 388 g/mol. The van der Waals surface area contributed by atoms with E-state index in [0.29, 0.717) is 0 Å². The molecule has 2 aromatic carbocycles. The molecule has 0 amide bonds. The van der Waals surface area contributed by atoms with E-state index >= 15 is 0 Å². The predicted molar refractivity (Wildman–Crippen MR) is 87.3 cm³/mol. The Morgan fingerprint density at radius 1 is 0.815 bits per heavy atom. The summed E-state index contributed by atoms with van der Waals surface area (Å²) in [6.45, 7) is 1.14. The average Bonchev–Trinajstić information content (AvgIpc) is 2.66. The minimum absolute atomic E-state index is 0.160. The van der Waals surface area contributed by atoms with Gasteiger partial charge in [0.15, 0.2) is 23.3 Å². The smallest absolute Gasteiger partial charge is 0.344 e. The van der Waals surface area contributed by atoms with E-state index in [4.69, 9.17) is 14.2 Å². The highest BCUT2D eigenvalue weighted by molar-refractivity contribution is 5.91. The molecule has 0 saturated heterocycles. The summed E-state index contributed by atoms with van der Waals surface area (Å²) in [5, 5.41) is 0. The summed E-state index contributed by atoms with van der Waals surface area (Å²) in [6, 6.07) is 2.51. The average molecular weight is 388 g/mol. The van der Waals surface area contributed by atoms with E-state index in [9.17, 15) is 22.4 Å². The maximum Gasteiger partial charge on any atom is 0.344 e. The van der Waals surface area contributed by atoms with Crippen LogP contribution in [0.3, 0.4) is 0 Å². The molecule has 0 radical (unpaired) electrons. The van der Waals surface area contributed by atoms with Crippen molar-refractivity contribution in [3.8, 4) is 28.4 Å². The summed E-state index contributed by atoms with van der Waals surface area (Å²) >= 11 is 0. The lowest BCUT2D eigenvalue weighted by molar-refractivity contribution is 0.0512. The van der Waals surface area contributed by atoms with Crippen LogP contribution in [0.25, 0.3) is 11.1 Å². The van der Waals surface area contributed by atoms with Crippen molar-refractivity contribution in [2.75, 3.05) is 27.9 Å². The summed E-state index contributed by atoms with van der Waals surface area (Å²) < 4.78 is 77.7. The topological polar surface area (TPSA) is 54.0 Å². The molecule has 0 heterocycles. The fourth-order valence-electron chi connectivity index (χ4n) is 2.49. The molecule has 0 saturated carbocycles. The molecule has 0 aliphatic heterocycles. The van der Waals surface area contributed by atoms with Crippen LogP contribution in [0.4, 0.5) is 17.6 Å². The van der Waals surface area contributed by atoms with Crippen molar-refractivity contribution in [2.24, 2.45) is 0 Å². The van der Waals surface area contributed by atoms with Crippen molar-refractivity contribution in [1.29, 1.82) is 0 Å². The Balaban J connectivity index is 2.87. The highest BCUT2D eigenvalue weighted by Gasteiger charge is 2.33. The number of rotatable bonds is 6. The van der Waals surface area contributed by atoms with Gasteiger partial charge in [-0.15, -0.1) is 0 Å². The van der Waals surface area contributed by atoms with Gasteiger partial charge in [-0.2, -0.15) is 0 Å². The minimum Gasteiger partial charge on any atom is -0.496 e. The molecule has 2 aromatic rings.